The van der Waals surface area contributed by atoms with E-state index < -0.39 is 0 Å². The molecular formula is C9H6N2O2S. The second-order valence-corrected chi connectivity index (χ2v) is 3.14. The molecule has 0 saturated heterocycles. The van der Waals surface area contributed by atoms with Gasteiger partial charge in [0.15, 0.2) is 0 Å². The Morgan fingerprint density at radius 2 is 2.07 bits per heavy atom. The summed E-state index contributed by atoms with van der Waals surface area (Å²) < 4.78 is 8.43. The van der Waals surface area contributed by atoms with Crippen molar-refractivity contribution in [3.05, 3.63) is 29.6 Å². The predicted octanol–water partition coefficient (Wildman–Crippen LogP) is 1.74. The molecule has 0 N–H and O–H groups in total. The van der Waals surface area contributed by atoms with E-state index in [9.17, 15) is 4.79 Å². The maximum absolute atomic E-state index is 10.0. The van der Waals surface area contributed by atoms with Gasteiger partial charge < -0.3 is 4.74 Å². The molecule has 0 amide bonds. The quantitative estimate of drug-likeness (QED) is 0.718. The molecule has 0 bridgehead atoms. The van der Waals surface area contributed by atoms with E-state index in [0.717, 1.165) is 11.3 Å². The molecule has 2 rings (SSSR count). The van der Waals surface area contributed by atoms with Gasteiger partial charge in [-0.05, 0) is 35.8 Å². The maximum Gasteiger partial charge on any atom is 0.298 e. The first-order chi connectivity index (χ1) is 6.90. The highest BCUT2D eigenvalue weighted by Crippen LogP contribution is 2.20. The van der Waals surface area contributed by atoms with Crippen LogP contribution in [0.3, 0.4) is 0 Å². The van der Waals surface area contributed by atoms with Gasteiger partial charge in [-0.1, -0.05) is 4.49 Å². The van der Waals surface area contributed by atoms with E-state index in [1.165, 1.54) is 11.5 Å². The van der Waals surface area contributed by atoms with Crippen molar-refractivity contribution >= 4 is 18.0 Å². The summed E-state index contributed by atoms with van der Waals surface area (Å²) in [5.74, 6) is 0.520. The fourth-order valence-corrected chi connectivity index (χ4v) is 1.52. The van der Waals surface area contributed by atoms with Gasteiger partial charge in [0, 0.05) is 10.9 Å². The molecule has 0 aliphatic heterocycles. The molecule has 0 unspecified atom stereocenters. The lowest BCUT2D eigenvalue weighted by Gasteiger charge is -1.98. The van der Waals surface area contributed by atoms with Crippen molar-refractivity contribution in [1.82, 2.24) is 9.59 Å². The highest BCUT2D eigenvalue weighted by molar-refractivity contribution is 7.03. The maximum atomic E-state index is 10.0. The summed E-state index contributed by atoms with van der Waals surface area (Å²) in [4.78, 5) is 10.0. The Morgan fingerprint density at radius 1 is 1.29 bits per heavy atom. The summed E-state index contributed by atoms with van der Waals surface area (Å²) in [6.07, 6.45) is 0. The number of ether oxygens (including phenoxy) is 1. The summed E-state index contributed by atoms with van der Waals surface area (Å²) in [6, 6.07) is 7.08. The van der Waals surface area contributed by atoms with E-state index in [1.807, 2.05) is 17.5 Å². The van der Waals surface area contributed by atoms with Gasteiger partial charge in [-0.3, -0.25) is 4.79 Å². The van der Waals surface area contributed by atoms with Crippen LogP contribution in [0.5, 0.6) is 5.75 Å². The molecule has 70 valence electrons. The molecule has 1 heterocycles. The Morgan fingerprint density at radius 3 is 2.64 bits per heavy atom. The zero-order valence-electron chi connectivity index (χ0n) is 7.08. The van der Waals surface area contributed by atoms with E-state index in [2.05, 4.69) is 14.3 Å². The van der Waals surface area contributed by atoms with Crippen LogP contribution < -0.4 is 4.74 Å². The minimum Gasteiger partial charge on any atom is -0.429 e. The predicted molar refractivity (Wildman–Crippen MR) is 52.0 cm³/mol. The summed E-state index contributed by atoms with van der Waals surface area (Å²) in [5.41, 5.74) is 1.78. The Labute approximate surface area is 84.3 Å². The molecule has 0 saturated carbocycles. The van der Waals surface area contributed by atoms with E-state index >= 15 is 0 Å². The molecule has 5 heteroatoms. The van der Waals surface area contributed by atoms with Crippen molar-refractivity contribution in [2.24, 2.45) is 0 Å². The number of rotatable bonds is 3. The topological polar surface area (TPSA) is 52.1 Å². The van der Waals surface area contributed by atoms with Crippen molar-refractivity contribution in [3.63, 3.8) is 0 Å². The fourth-order valence-electron chi connectivity index (χ4n) is 1.05. The van der Waals surface area contributed by atoms with Gasteiger partial charge in [-0.15, -0.1) is 5.10 Å². The lowest BCUT2D eigenvalue weighted by molar-refractivity contribution is -0.120. The van der Waals surface area contributed by atoms with Gasteiger partial charge in [-0.25, -0.2) is 0 Å². The van der Waals surface area contributed by atoms with Crippen molar-refractivity contribution < 1.29 is 9.53 Å². The number of carbonyl (C=O) groups excluding carboxylic acids is 1. The highest BCUT2D eigenvalue weighted by Gasteiger charge is 2.00. The lowest BCUT2D eigenvalue weighted by Crippen LogP contribution is -1.87. The van der Waals surface area contributed by atoms with Crippen LogP contribution >= 0.6 is 11.5 Å². The third kappa shape index (κ3) is 1.77. The van der Waals surface area contributed by atoms with Crippen LogP contribution in [0.1, 0.15) is 0 Å². The van der Waals surface area contributed by atoms with Crippen LogP contribution in [0.25, 0.3) is 11.3 Å². The number of hydrogen-bond donors (Lipinski definition) is 0. The van der Waals surface area contributed by atoms with Gasteiger partial charge in [-0.2, -0.15) is 0 Å². The third-order valence-corrected chi connectivity index (χ3v) is 2.20. The molecule has 0 aliphatic carbocycles. The number of aromatic nitrogens is 2. The van der Waals surface area contributed by atoms with Crippen molar-refractivity contribution in [3.8, 4) is 17.0 Å². The third-order valence-electron chi connectivity index (χ3n) is 1.69. The number of hydrogen-bond acceptors (Lipinski definition) is 5. The van der Waals surface area contributed by atoms with Crippen LogP contribution in [0, 0.1) is 0 Å². The molecule has 4 nitrogen and oxygen atoms in total. The molecule has 0 aliphatic rings. The summed E-state index contributed by atoms with van der Waals surface area (Å²) in [7, 11) is 0. The number of carbonyl (C=O) groups is 1. The Bertz CT molecular complexity index is 411. The fraction of sp³-hybridized carbons (Fsp3) is 0. The summed E-state index contributed by atoms with van der Waals surface area (Å²) >= 11 is 1.30. The van der Waals surface area contributed by atoms with Gasteiger partial charge in [0.2, 0.25) is 0 Å². The van der Waals surface area contributed by atoms with Crippen LogP contribution in [0.2, 0.25) is 0 Å². The average Bonchev–Trinajstić information content (AvgIpc) is 2.72. The van der Waals surface area contributed by atoms with E-state index in [0.29, 0.717) is 12.2 Å². The molecule has 14 heavy (non-hydrogen) atoms. The summed E-state index contributed by atoms with van der Waals surface area (Å²) in [6.45, 7) is 0.402. The van der Waals surface area contributed by atoms with Crippen molar-refractivity contribution in [2.45, 2.75) is 0 Å². The second-order valence-electron chi connectivity index (χ2n) is 2.53. The van der Waals surface area contributed by atoms with Gasteiger partial charge >= 0.3 is 0 Å². The van der Waals surface area contributed by atoms with Gasteiger partial charge in [0.05, 0.1) is 0 Å². The first kappa shape index (κ1) is 8.83. The zero-order chi connectivity index (χ0) is 9.80. The zero-order valence-corrected chi connectivity index (χ0v) is 7.90. The highest BCUT2D eigenvalue weighted by atomic mass is 32.1. The molecule has 0 spiro atoms. The Kier molecular flexibility index (Phi) is 2.51. The average molecular weight is 206 g/mol. The van der Waals surface area contributed by atoms with Crippen LogP contribution in [0.15, 0.2) is 29.6 Å². The second kappa shape index (κ2) is 3.97. The lowest BCUT2D eigenvalue weighted by atomic mass is 10.2. The molecule has 1 aromatic heterocycles. The van der Waals surface area contributed by atoms with E-state index in [1.54, 1.807) is 12.1 Å². The standard InChI is InChI=1S/C9H6N2O2S/c12-6-13-8-3-1-7(2-4-8)9-5-14-11-10-9/h1-6H. The minimum absolute atomic E-state index is 0.402. The number of nitrogens with zero attached hydrogens (tertiary/aromatic N) is 2. The van der Waals surface area contributed by atoms with Crippen molar-refractivity contribution in [1.29, 1.82) is 0 Å². The number of benzene rings is 1. The Balaban J connectivity index is 2.26. The molecule has 0 radical (unpaired) electrons. The van der Waals surface area contributed by atoms with Crippen LogP contribution in [-0.2, 0) is 4.79 Å². The summed E-state index contributed by atoms with van der Waals surface area (Å²) in [5, 5.41) is 5.78. The SMILES string of the molecule is O=COc1ccc(-c2csnn2)cc1. The van der Waals surface area contributed by atoms with Gasteiger partial charge in [0.1, 0.15) is 11.4 Å². The molecule has 0 fully saturated rings. The van der Waals surface area contributed by atoms with Crippen LogP contribution in [-0.4, -0.2) is 16.1 Å². The first-order valence-electron chi connectivity index (χ1n) is 3.88. The van der Waals surface area contributed by atoms with Gasteiger partial charge in [0.25, 0.3) is 6.47 Å². The first-order valence-corrected chi connectivity index (χ1v) is 4.71. The van der Waals surface area contributed by atoms with E-state index in [-0.39, 0.29) is 0 Å². The molecule has 1 aromatic carbocycles. The normalized spacial score (nSPS) is 9.71. The minimum atomic E-state index is 0.402. The molecule has 2 aromatic rings. The van der Waals surface area contributed by atoms with E-state index in [4.69, 9.17) is 0 Å². The van der Waals surface area contributed by atoms with Crippen LogP contribution in [0.4, 0.5) is 0 Å². The van der Waals surface area contributed by atoms with Crippen molar-refractivity contribution in [2.75, 3.05) is 0 Å². The molecular weight excluding hydrogens is 200 g/mol. The Hall–Kier alpha value is -1.75. The monoisotopic (exact) mass is 206 g/mol. The molecule has 0 atom stereocenters. The largest absolute Gasteiger partial charge is 0.429 e. The smallest absolute Gasteiger partial charge is 0.298 e.